The van der Waals surface area contributed by atoms with Gasteiger partial charge in [-0.05, 0) is 39.8 Å². The van der Waals surface area contributed by atoms with Gasteiger partial charge in [0.05, 0.1) is 11.6 Å². The Morgan fingerprint density at radius 3 is 2.35 bits per heavy atom. The van der Waals surface area contributed by atoms with Gasteiger partial charge in [-0.1, -0.05) is 18.2 Å². The molecule has 0 fully saturated rings. The molecular weight excluding hydrogens is 258 g/mol. The Kier molecular flexibility index (Phi) is 5.55. The third-order valence-corrected chi connectivity index (χ3v) is 2.24. The molecule has 0 saturated heterocycles. The number of alkyl carbamates (subject to hydrolysis) is 1. The van der Waals surface area contributed by atoms with E-state index in [1.807, 2.05) is 6.07 Å². The Labute approximate surface area is 119 Å². The number of carbonyl (C=O) groups excluding carboxylic acids is 2. The fourth-order valence-corrected chi connectivity index (χ4v) is 1.41. The van der Waals surface area contributed by atoms with E-state index in [0.717, 1.165) is 0 Å². The fourth-order valence-electron chi connectivity index (χ4n) is 1.41. The first-order valence-electron chi connectivity index (χ1n) is 6.49. The van der Waals surface area contributed by atoms with E-state index in [0.29, 0.717) is 5.56 Å². The molecule has 110 valence electrons. The maximum absolute atomic E-state index is 11.7. The molecule has 0 heterocycles. The number of rotatable bonds is 4. The summed E-state index contributed by atoms with van der Waals surface area (Å²) < 4.78 is 10.2. The van der Waals surface area contributed by atoms with Crippen molar-refractivity contribution in [3.05, 3.63) is 35.9 Å². The van der Waals surface area contributed by atoms with Gasteiger partial charge >= 0.3 is 12.1 Å². The Balaban J connectivity index is 2.35. The second kappa shape index (κ2) is 6.93. The van der Waals surface area contributed by atoms with Gasteiger partial charge in [0.25, 0.3) is 0 Å². The van der Waals surface area contributed by atoms with Crippen molar-refractivity contribution in [1.82, 2.24) is 5.32 Å². The van der Waals surface area contributed by atoms with Gasteiger partial charge in [0.1, 0.15) is 12.2 Å². The summed E-state index contributed by atoms with van der Waals surface area (Å²) >= 11 is 0. The van der Waals surface area contributed by atoms with Gasteiger partial charge in [0.2, 0.25) is 0 Å². The molecule has 1 aromatic rings. The maximum Gasteiger partial charge on any atom is 0.407 e. The fraction of sp³-hybridized carbons (Fsp3) is 0.467. The van der Waals surface area contributed by atoms with Crippen LogP contribution >= 0.6 is 0 Å². The molecule has 5 nitrogen and oxygen atoms in total. The third kappa shape index (κ3) is 6.22. The summed E-state index contributed by atoms with van der Waals surface area (Å²) in [5.74, 6) is -0.413. The summed E-state index contributed by atoms with van der Waals surface area (Å²) in [5, 5.41) is 2.60. The molecule has 0 bridgehead atoms. The molecule has 0 radical (unpaired) electrons. The molecule has 1 unspecified atom stereocenters. The highest BCUT2D eigenvalue weighted by Gasteiger charge is 2.18. The largest absolute Gasteiger partial charge is 0.460 e. The second-order valence-electron chi connectivity index (χ2n) is 5.51. The highest BCUT2D eigenvalue weighted by molar-refractivity contribution is 5.89. The zero-order chi connectivity index (χ0) is 15.2. The van der Waals surface area contributed by atoms with Crippen LogP contribution < -0.4 is 5.32 Å². The normalized spacial score (nSPS) is 12.4. The number of amides is 1. The van der Waals surface area contributed by atoms with Gasteiger partial charge in [-0.3, -0.25) is 0 Å². The van der Waals surface area contributed by atoms with Crippen molar-refractivity contribution in [3.8, 4) is 0 Å². The first-order valence-corrected chi connectivity index (χ1v) is 6.49. The molecule has 20 heavy (non-hydrogen) atoms. The topological polar surface area (TPSA) is 64.6 Å². The first kappa shape index (κ1) is 16.0. The highest BCUT2D eigenvalue weighted by atomic mass is 16.6. The highest BCUT2D eigenvalue weighted by Crippen LogP contribution is 2.07. The van der Waals surface area contributed by atoms with Crippen LogP contribution in [0.15, 0.2) is 30.3 Å². The van der Waals surface area contributed by atoms with Crippen LogP contribution in [0.1, 0.15) is 38.1 Å². The van der Waals surface area contributed by atoms with Crippen molar-refractivity contribution in [2.24, 2.45) is 0 Å². The second-order valence-corrected chi connectivity index (χ2v) is 5.51. The molecule has 0 aliphatic rings. The Morgan fingerprint density at radius 2 is 1.80 bits per heavy atom. The number of ether oxygens (including phenoxy) is 2. The lowest BCUT2D eigenvalue weighted by atomic mass is 10.2. The van der Waals surface area contributed by atoms with E-state index >= 15 is 0 Å². The minimum absolute atomic E-state index is 0.0902. The summed E-state index contributed by atoms with van der Waals surface area (Å²) in [7, 11) is 0. The van der Waals surface area contributed by atoms with Crippen LogP contribution in [0.3, 0.4) is 0 Å². The Hall–Kier alpha value is -2.04. The standard InChI is InChI=1S/C15H21NO4/c1-11(16-14(18)20-15(2,3)4)10-19-13(17)12-8-6-5-7-9-12/h5-9,11H,10H2,1-4H3,(H,16,18). The van der Waals surface area contributed by atoms with Crippen molar-refractivity contribution in [2.45, 2.75) is 39.3 Å². The van der Waals surface area contributed by atoms with Crippen LogP contribution in [0.4, 0.5) is 4.79 Å². The molecule has 1 N–H and O–H groups in total. The van der Waals surface area contributed by atoms with Gasteiger partial charge < -0.3 is 14.8 Å². The van der Waals surface area contributed by atoms with Crippen LogP contribution in [0, 0.1) is 0 Å². The lowest BCUT2D eigenvalue weighted by Gasteiger charge is -2.21. The van der Waals surface area contributed by atoms with Crippen LogP contribution in [-0.2, 0) is 9.47 Å². The van der Waals surface area contributed by atoms with Crippen LogP contribution in [0.2, 0.25) is 0 Å². The molecule has 1 rings (SSSR count). The monoisotopic (exact) mass is 279 g/mol. The number of esters is 1. The van der Waals surface area contributed by atoms with E-state index in [-0.39, 0.29) is 12.6 Å². The van der Waals surface area contributed by atoms with Gasteiger partial charge in [-0.15, -0.1) is 0 Å². The van der Waals surface area contributed by atoms with Crippen molar-refractivity contribution in [1.29, 1.82) is 0 Å². The van der Waals surface area contributed by atoms with Gasteiger partial charge in [-0.25, -0.2) is 9.59 Å². The van der Waals surface area contributed by atoms with E-state index in [1.54, 1.807) is 52.0 Å². The molecule has 1 aromatic carbocycles. The molecule has 0 saturated carbocycles. The molecule has 0 spiro atoms. The molecule has 0 aromatic heterocycles. The maximum atomic E-state index is 11.7. The van der Waals surface area contributed by atoms with Crippen LogP contribution in [0.5, 0.6) is 0 Å². The average Bonchev–Trinajstić information content (AvgIpc) is 2.34. The summed E-state index contributed by atoms with van der Waals surface area (Å²) in [5.41, 5.74) is -0.0678. The zero-order valence-corrected chi connectivity index (χ0v) is 12.3. The van der Waals surface area contributed by atoms with Gasteiger partial charge in [0, 0.05) is 0 Å². The average molecular weight is 279 g/mol. The smallest absolute Gasteiger partial charge is 0.407 e. The third-order valence-electron chi connectivity index (χ3n) is 2.24. The molecular formula is C15H21NO4. The summed E-state index contributed by atoms with van der Waals surface area (Å²) in [6.07, 6.45) is -0.527. The van der Waals surface area contributed by atoms with Crippen molar-refractivity contribution in [2.75, 3.05) is 6.61 Å². The number of benzene rings is 1. The lowest BCUT2D eigenvalue weighted by Crippen LogP contribution is -2.40. The SMILES string of the molecule is CC(COC(=O)c1ccccc1)NC(=O)OC(C)(C)C. The predicted molar refractivity (Wildman–Crippen MR) is 75.6 cm³/mol. The van der Waals surface area contributed by atoms with E-state index in [4.69, 9.17) is 9.47 Å². The predicted octanol–water partition coefficient (Wildman–Crippen LogP) is 2.76. The molecule has 1 atom stereocenters. The minimum Gasteiger partial charge on any atom is -0.460 e. The summed E-state index contributed by atoms with van der Waals surface area (Å²) in [4.78, 5) is 23.2. The number of hydrogen-bond donors (Lipinski definition) is 1. The quantitative estimate of drug-likeness (QED) is 0.861. The Morgan fingerprint density at radius 1 is 1.20 bits per heavy atom. The minimum atomic E-state index is -0.551. The number of hydrogen-bond acceptors (Lipinski definition) is 4. The summed E-state index contributed by atoms with van der Waals surface area (Å²) in [6.45, 7) is 7.18. The van der Waals surface area contributed by atoms with Gasteiger partial charge in [0.15, 0.2) is 0 Å². The number of nitrogens with one attached hydrogen (secondary N) is 1. The molecule has 0 aliphatic carbocycles. The molecule has 0 aliphatic heterocycles. The zero-order valence-electron chi connectivity index (χ0n) is 12.3. The Bertz CT molecular complexity index is 451. The molecule has 1 amide bonds. The van der Waals surface area contributed by atoms with Crippen molar-refractivity contribution >= 4 is 12.1 Å². The molecule has 5 heteroatoms. The van der Waals surface area contributed by atoms with Crippen LogP contribution in [0.25, 0.3) is 0 Å². The van der Waals surface area contributed by atoms with E-state index in [9.17, 15) is 9.59 Å². The lowest BCUT2D eigenvalue weighted by molar-refractivity contribution is 0.0381. The van der Waals surface area contributed by atoms with E-state index < -0.39 is 17.7 Å². The van der Waals surface area contributed by atoms with E-state index in [2.05, 4.69) is 5.32 Å². The van der Waals surface area contributed by atoms with E-state index in [1.165, 1.54) is 0 Å². The van der Waals surface area contributed by atoms with Crippen molar-refractivity contribution < 1.29 is 19.1 Å². The van der Waals surface area contributed by atoms with Crippen molar-refractivity contribution in [3.63, 3.8) is 0 Å². The first-order chi connectivity index (χ1) is 9.28. The summed E-state index contributed by atoms with van der Waals surface area (Å²) in [6, 6.07) is 8.38. The van der Waals surface area contributed by atoms with Gasteiger partial charge in [-0.2, -0.15) is 0 Å². The van der Waals surface area contributed by atoms with Crippen LogP contribution in [-0.4, -0.2) is 30.3 Å². The number of carbonyl (C=O) groups is 2.